The molecule has 2 atom stereocenters. The lowest BCUT2D eigenvalue weighted by Gasteiger charge is -2.18. The lowest BCUT2D eigenvalue weighted by molar-refractivity contribution is -0.129. The predicted octanol–water partition coefficient (Wildman–Crippen LogP) is 0.0824. The van der Waals surface area contributed by atoms with Crippen LogP contribution in [0.5, 0.6) is 0 Å². The fraction of sp³-hybridized carbons (Fsp3) is 0.357. The number of hydrogen-bond acceptors (Lipinski definition) is 3. The zero-order chi connectivity index (χ0) is 15.4. The van der Waals surface area contributed by atoms with E-state index < -0.39 is 18.0 Å². The van der Waals surface area contributed by atoms with Gasteiger partial charge in [-0.3, -0.25) is 14.4 Å². The van der Waals surface area contributed by atoms with Gasteiger partial charge in [0, 0.05) is 16.4 Å². The van der Waals surface area contributed by atoms with E-state index in [-0.39, 0.29) is 11.8 Å². The summed E-state index contributed by atoms with van der Waals surface area (Å²) in [7, 11) is 0. The first-order valence-corrected chi connectivity index (χ1v) is 7.67. The normalized spacial score (nSPS) is 18.9. The van der Waals surface area contributed by atoms with Crippen molar-refractivity contribution in [1.82, 2.24) is 10.6 Å². The molecule has 21 heavy (non-hydrogen) atoms. The van der Waals surface area contributed by atoms with Crippen molar-refractivity contribution in [3.8, 4) is 0 Å². The molecule has 0 aromatic heterocycles. The summed E-state index contributed by atoms with van der Waals surface area (Å²) in [6.07, 6.45) is 1.11. The molecule has 1 aromatic rings. The topological polar surface area (TPSA) is 101 Å². The van der Waals surface area contributed by atoms with Crippen LogP contribution in [0.15, 0.2) is 24.3 Å². The molecule has 1 aliphatic heterocycles. The summed E-state index contributed by atoms with van der Waals surface area (Å²) in [6.45, 7) is 0. The van der Waals surface area contributed by atoms with Crippen molar-refractivity contribution in [1.29, 1.82) is 0 Å². The Morgan fingerprint density at radius 2 is 2.05 bits per heavy atom. The average molecular weight is 401 g/mol. The SMILES string of the molecule is NC(=O)[C@@H](Cc1ccc(I)cc1)NC(=O)[C@@H]1CCC(=O)N1. The molecule has 0 bridgehead atoms. The minimum atomic E-state index is -0.782. The quantitative estimate of drug-likeness (QED) is 0.610. The van der Waals surface area contributed by atoms with Gasteiger partial charge in [-0.25, -0.2) is 0 Å². The summed E-state index contributed by atoms with van der Waals surface area (Å²) in [6, 6.07) is 6.27. The summed E-state index contributed by atoms with van der Waals surface area (Å²) in [5, 5.41) is 5.18. The van der Waals surface area contributed by atoms with E-state index in [1.54, 1.807) is 0 Å². The number of carbonyl (C=O) groups is 3. The minimum Gasteiger partial charge on any atom is -0.368 e. The number of primary amides is 1. The second-order valence-corrected chi connectivity index (χ2v) is 6.20. The number of nitrogens with two attached hydrogens (primary N) is 1. The van der Waals surface area contributed by atoms with Crippen molar-refractivity contribution in [3.63, 3.8) is 0 Å². The molecule has 7 heteroatoms. The summed E-state index contributed by atoms with van der Waals surface area (Å²) >= 11 is 2.19. The van der Waals surface area contributed by atoms with E-state index in [2.05, 4.69) is 33.2 Å². The number of benzene rings is 1. The van der Waals surface area contributed by atoms with E-state index >= 15 is 0 Å². The molecule has 1 saturated heterocycles. The Hall–Kier alpha value is -1.64. The zero-order valence-corrected chi connectivity index (χ0v) is 13.4. The minimum absolute atomic E-state index is 0.150. The highest BCUT2D eigenvalue weighted by Gasteiger charge is 2.29. The van der Waals surface area contributed by atoms with Crippen LogP contribution in [0.3, 0.4) is 0 Å². The van der Waals surface area contributed by atoms with Crippen molar-refractivity contribution >= 4 is 40.3 Å². The highest BCUT2D eigenvalue weighted by Crippen LogP contribution is 2.10. The third-order valence-corrected chi connectivity index (χ3v) is 4.04. The van der Waals surface area contributed by atoms with Gasteiger partial charge in [0.25, 0.3) is 0 Å². The first kappa shape index (κ1) is 15.7. The summed E-state index contributed by atoms with van der Waals surface area (Å²) in [5.41, 5.74) is 6.26. The Kier molecular flexibility index (Phi) is 5.16. The zero-order valence-electron chi connectivity index (χ0n) is 11.3. The standard InChI is InChI=1S/C14H16IN3O3/c15-9-3-1-8(2-4-9)7-11(13(16)20)18-14(21)10-5-6-12(19)17-10/h1-4,10-11H,5-7H2,(H2,16,20)(H,17,19)(H,18,21)/t10-,11+/m0/s1. The van der Waals surface area contributed by atoms with E-state index in [0.29, 0.717) is 19.3 Å². The molecule has 1 fully saturated rings. The third kappa shape index (κ3) is 4.42. The Morgan fingerprint density at radius 1 is 1.38 bits per heavy atom. The van der Waals surface area contributed by atoms with Gasteiger partial charge in [0.05, 0.1) is 0 Å². The number of hydrogen-bond donors (Lipinski definition) is 3. The van der Waals surface area contributed by atoms with E-state index in [0.717, 1.165) is 9.13 Å². The molecular weight excluding hydrogens is 385 g/mol. The van der Waals surface area contributed by atoms with Crippen LogP contribution in [0.25, 0.3) is 0 Å². The first-order valence-electron chi connectivity index (χ1n) is 6.59. The van der Waals surface area contributed by atoms with Crippen LogP contribution in [-0.2, 0) is 20.8 Å². The Bertz CT molecular complexity index is 559. The molecule has 0 spiro atoms. The molecule has 0 aliphatic carbocycles. The maximum atomic E-state index is 12.0. The number of nitrogens with one attached hydrogen (secondary N) is 2. The highest BCUT2D eigenvalue weighted by molar-refractivity contribution is 14.1. The second-order valence-electron chi connectivity index (χ2n) is 4.95. The van der Waals surface area contributed by atoms with Gasteiger partial charge in [-0.05, 0) is 46.7 Å². The van der Waals surface area contributed by atoms with Gasteiger partial charge in [-0.2, -0.15) is 0 Å². The maximum Gasteiger partial charge on any atom is 0.243 e. The van der Waals surface area contributed by atoms with Crippen molar-refractivity contribution in [2.45, 2.75) is 31.3 Å². The molecular formula is C14H16IN3O3. The molecule has 112 valence electrons. The molecule has 0 saturated carbocycles. The third-order valence-electron chi connectivity index (χ3n) is 3.32. The van der Waals surface area contributed by atoms with Gasteiger partial charge in [-0.1, -0.05) is 12.1 Å². The average Bonchev–Trinajstić information content (AvgIpc) is 2.87. The molecule has 1 aliphatic rings. The number of rotatable bonds is 5. The molecule has 1 aromatic carbocycles. The molecule has 2 rings (SSSR count). The first-order chi connectivity index (χ1) is 9.95. The molecule has 0 radical (unpaired) electrons. The fourth-order valence-electron chi connectivity index (χ4n) is 2.16. The Balaban J connectivity index is 1.99. The van der Waals surface area contributed by atoms with Gasteiger partial charge < -0.3 is 16.4 Å². The van der Waals surface area contributed by atoms with Gasteiger partial charge in [-0.15, -0.1) is 0 Å². The lowest BCUT2D eigenvalue weighted by atomic mass is 10.0. The van der Waals surface area contributed by atoms with E-state index in [9.17, 15) is 14.4 Å². The van der Waals surface area contributed by atoms with Crippen LogP contribution in [-0.4, -0.2) is 29.8 Å². The second kappa shape index (κ2) is 6.88. The summed E-state index contributed by atoms with van der Waals surface area (Å²) < 4.78 is 1.09. The van der Waals surface area contributed by atoms with Gasteiger partial charge in [0.1, 0.15) is 12.1 Å². The van der Waals surface area contributed by atoms with Crippen molar-refractivity contribution in [2.24, 2.45) is 5.73 Å². The lowest BCUT2D eigenvalue weighted by Crippen LogP contribution is -2.51. The highest BCUT2D eigenvalue weighted by atomic mass is 127. The molecule has 6 nitrogen and oxygen atoms in total. The summed E-state index contributed by atoms with van der Waals surface area (Å²) in [4.78, 5) is 34.6. The van der Waals surface area contributed by atoms with E-state index in [4.69, 9.17) is 5.73 Å². The van der Waals surface area contributed by atoms with Gasteiger partial charge in [0.15, 0.2) is 0 Å². The smallest absolute Gasteiger partial charge is 0.243 e. The van der Waals surface area contributed by atoms with Crippen LogP contribution >= 0.6 is 22.6 Å². The van der Waals surface area contributed by atoms with Crippen LogP contribution in [0.4, 0.5) is 0 Å². The van der Waals surface area contributed by atoms with E-state index in [1.807, 2.05) is 24.3 Å². The predicted molar refractivity (Wildman–Crippen MR) is 85.2 cm³/mol. The van der Waals surface area contributed by atoms with Crippen molar-refractivity contribution in [2.75, 3.05) is 0 Å². The van der Waals surface area contributed by atoms with E-state index in [1.165, 1.54) is 0 Å². The van der Waals surface area contributed by atoms with Gasteiger partial charge >= 0.3 is 0 Å². The van der Waals surface area contributed by atoms with Crippen LogP contribution in [0, 0.1) is 3.57 Å². The van der Waals surface area contributed by atoms with Crippen LogP contribution < -0.4 is 16.4 Å². The number of halogens is 1. The van der Waals surface area contributed by atoms with Crippen LogP contribution in [0.1, 0.15) is 18.4 Å². The molecule has 1 heterocycles. The molecule has 4 N–H and O–H groups in total. The number of carbonyl (C=O) groups excluding carboxylic acids is 3. The molecule has 3 amide bonds. The Labute approximate surface area is 136 Å². The van der Waals surface area contributed by atoms with Crippen molar-refractivity contribution in [3.05, 3.63) is 33.4 Å². The molecule has 0 unspecified atom stereocenters. The van der Waals surface area contributed by atoms with Crippen LogP contribution in [0.2, 0.25) is 0 Å². The Morgan fingerprint density at radius 3 is 2.57 bits per heavy atom. The maximum absolute atomic E-state index is 12.0. The summed E-state index contributed by atoms with van der Waals surface area (Å²) in [5.74, 6) is -1.11. The largest absolute Gasteiger partial charge is 0.368 e. The number of amides is 3. The fourth-order valence-corrected chi connectivity index (χ4v) is 2.52. The van der Waals surface area contributed by atoms with Gasteiger partial charge in [0.2, 0.25) is 17.7 Å². The van der Waals surface area contributed by atoms with Crippen molar-refractivity contribution < 1.29 is 14.4 Å². The monoisotopic (exact) mass is 401 g/mol.